The Bertz CT molecular complexity index is 935. The third kappa shape index (κ3) is 17.6. The van der Waals surface area contributed by atoms with Gasteiger partial charge < -0.3 is 24.8 Å². The lowest BCUT2D eigenvalue weighted by atomic mass is 10.0. The van der Waals surface area contributed by atoms with E-state index < -0.39 is 47.3 Å². The normalized spacial score (nSPS) is 14.6. The van der Waals surface area contributed by atoms with Crippen molar-refractivity contribution in [2.45, 2.75) is 98.5 Å². The predicted octanol–water partition coefficient (Wildman–Crippen LogP) is 4.71. The molecule has 0 aliphatic heterocycles. The summed E-state index contributed by atoms with van der Waals surface area (Å²) in [4.78, 5) is 54.2. The molecule has 2 amide bonds. The monoisotopic (exact) mass is 589 g/mol. The van der Waals surface area contributed by atoms with Crippen LogP contribution in [-0.2, 0) is 28.6 Å². The summed E-state index contributed by atoms with van der Waals surface area (Å²) in [5, 5.41) is 6.46. The lowest BCUT2D eigenvalue weighted by molar-refractivity contribution is -0.152. The summed E-state index contributed by atoms with van der Waals surface area (Å²) < 4.78 is 16.1. The molecule has 0 bridgehead atoms. The van der Waals surface area contributed by atoms with Crippen molar-refractivity contribution in [3.05, 3.63) is 23.3 Å². The molecule has 39 heavy (non-hydrogen) atoms. The van der Waals surface area contributed by atoms with Crippen LogP contribution in [0.4, 0.5) is 4.79 Å². The Hall–Kier alpha value is -2.53. The van der Waals surface area contributed by atoms with Gasteiger partial charge in [-0.15, -0.1) is 24.2 Å². The summed E-state index contributed by atoms with van der Waals surface area (Å²) in [5.41, 5.74) is -1.01. The van der Waals surface area contributed by atoms with Crippen molar-refractivity contribution < 1.29 is 33.4 Å². The highest BCUT2D eigenvalue weighted by molar-refractivity contribution is 7.83. The number of alkyl halides is 1. The van der Waals surface area contributed by atoms with Crippen LogP contribution < -0.4 is 10.6 Å². The Morgan fingerprint density at radius 1 is 1.03 bits per heavy atom. The molecule has 0 spiro atoms. The van der Waals surface area contributed by atoms with Gasteiger partial charge in [0.05, 0.1) is 13.0 Å². The molecule has 0 unspecified atom stereocenters. The fourth-order valence-corrected chi connectivity index (χ4v) is 3.09. The summed E-state index contributed by atoms with van der Waals surface area (Å²) >= 11 is 9.76. The first-order valence-corrected chi connectivity index (χ1v) is 13.7. The largest absolute Gasteiger partial charge is 0.456 e. The highest BCUT2D eigenvalue weighted by Gasteiger charge is 2.30. The first-order chi connectivity index (χ1) is 17.9. The van der Waals surface area contributed by atoms with E-state index in [1.807, 2.05) is 0 Å². The number of esters is 2. The lowest BCUT2D eigenvalue weighted by Crippen LogP contribution is -2.48. The second kappa shape index (κ2) is 17.2. The Morgan fingerprint density at radius 2 is 1.62 bits per heavy atom. The van der Waals surface area contributed by atoms with E-state index >= 15 is 0 Å². The molecule has 0 radical (unpaired) electrons. The fourth-order valence-electron chi connectivity index (χ4n) is 2.80. The topological polar surface area (TPSA) is 132 Å². The quantitative estimate of drug-likeness (QED) is 0.0539. The summed E-state index contributed by atoms with van der Waals surface area (Å²) in [6, 6.07) is -0.986. The SMILES string of the molecule is CC(CNC(=O)C[C@@H](/C=C/CCCl)OC(=O)[C@@H](NC(=O)OC(C)(C)C)C(C)C)=N/C(=C\S)C(=O)OC(C)(C)C. The number of halogens is 1. The van der Waals surface area contributed by atoms with Gasteiger partial charge in [-0.25, -0.2) is 19.4 Å². The molecule has 0 rings (SSSR count). The molecule has 2 N–H and O–H groups in total. The molecule has 12 heteroatoms. The zero-order chi connectivity index (χ0) is 30.4. The van der Waals surface area contributed by atoms with Crippen molar-refractivity contribution >= 4 is 53.9 Å². The lowest BCUT2D eigenvalue weighted by Gasteiger charge is -2.26. The summed E-state index contributed by atoms with van der Waals surface area (Å²) in [6.07, 6.45) is 1.96. The van der Waals surface area contributed by atoms with Crippen LogP contribution in [0.25, 0.3) is 0 Å². The van der Waals surface area contributed by atoms with E-state index in [1.165, 1.54) is 5.41 Å². The average molecular weight is 590 g/mol. The van der Waals surface area contributed by atoms with Crippen molar-refractivity contribution in [3.63, 3.8) is 0 Å². The van der Waals surface area contributed by atoms with Crippen LogP contribution >= 0.6 is 24.2 Å². The van der Waals surface area contributed by atoms with Crippen LogP contribution in [0.5, 0.6) is 0 Å². The molecule has 0 aromatic carbocycles. The number of nitrogens with one attached hydrogen (secondary N) is 2. The molecular formula is C27H44ClN3O7S. The van der Waals surface area contributed by atoms with Crippen LogP contribution in [0.3, 0.4) is 0 Å². The number of carbonyl (C=O) groups is 4. The Labute approximate surface area is 242 Å². The van der Waals surface area contributed by atoms with Gasteiger partial charge in [-0.3, -0.25) is 4.79 Å². The number of nitrogens with zero attached hydrogens (tertiary/aromatic N) is 1. The first kappa shape index (κ1) is 36.5. The van der Waals surface area contributed by atoms with E-state index in [1.54, 1.807) is 74.5 Å². The highest BCUT2D eigenvalue weighted by Crippen LogP contribution is 2.14. The van der Waals surface area contributed by atoms with E-state index in [-0.39, 0.29) is 24.6 Å². The van der Waals surface area contributed by atoms with Crippen molar-refractivity contribution in [3.8, 4) is 0 Å². The van der Waals surface area contributed by atoms with Gasteiger partial charge in [0.2, 0.25) is 5.91 Å². The van der Waals surface area contributed by atoms with Crippen molar-refractivity contribution in [2.24, 2.45) is 10.9 Å². The number of aliphatic imine (C=N–C) groups is 1. The smallest absolute Gasteiger partial charge is 0.408 e. The van der Waals surface area contributed by atoms with E-state index in [4.69, 9.17) is 25.8 Å². The van der Waals surface area contributed by atoms with Gasteiger partial charge in [0.25, 0.3) is 0 Å². The number of alkyl carbamates (subject to hydrolysis) is 1. The first-order valence-electron chi connectivity index (χ1n) is 12.7. The molecule has 0 heterocycles. The van der Waals surface area contributed by atoms with Crippen LogP contribution in [0, 0.1) is 5.92 Å². The molecule has 10 nitrogen and oxygen atoms in total. The molecule has 0 fully saturated rings. The number of amides is 2. The average Bonchev–Trinajstić information content (AvgIpc) is 2.77. The number of thiol groups is 1. The summed E-state index contributed by atoms with van der Waals surface area (Å²) in [6.45, 7) is 15.5. The Kier molecular flexibility index (Phi) is 16.1. The molecule has 0 aliphatic rings. The Balaban J connectivity index is 5.35. The van der Waals surface area contributed by atoms with E-state index in [0.29, 0.717) is 18.0 Å². The molecule has 222 valence electrons. The predicted molar refractivity (Wildman–Crippen MR) is 156 cm³/mol. The Morgan fingerprint density at radius 3 is 2.10 bits per heavy atom. The maximum absolute atomic E-state index is 12.9. The van der Waals surface area contributed by atoms with Gasteiger partial charge in [-0.2, -0.15) is 0 Å². The number of hydrogen-bond acceptors (Lipinski definition) is 9. The van der Waals surface area contributed by atoms with Gasteiger partial charge in [0.1, 0.15) is 23.3 Å². The second-order valence-corrected chi connectivity index (χ2v) is 11.7. The minimum absolute atomic E-state index is 0.00645. The minimum Gasteiger partial charge on any atom is -0.456 e. The highest BCUT2D eigenvalue weighted by atomic mass is 35.5. The van der Waals surface area contributed by atoms with Gasteiger partial charge in [-0.1, -0.05) is 19.9 Å². The van der Waals surface area contributed by atoms with E-state index in [9.17, 15) is 19.2 Å². The number of ether oxygens (including phenoxy) is 3. The van der Waals surface area contributed by atoms with Crippen molar-refractivity contribution in [2.75, 3.05) is 12.4 Å². The molecule has 0 aliphatic carbocycles. The molecule has 0 aromatic rings. The van der Waals surface area contributed by atoms with Gasteiger partial charge in [0.15, 0.2) is 5.70 Å². The van der Waals surface area contributed by atoms with E-state index in [0.717, 1.165) is 0 Å². The third-order valence-electron chi connectivity index (χ3n) is 4.46. The van der Waals surface area contributed by atoms with Crippen LogP contribution in [0.1, 0.15) is 75.2 Å². The maximum atomic E-state index is 12.9. The van der Waals surface area contributed by atoms with Crippen LogP contribution in [0.15, 0.2) is 28.2 Å². The summed E-state index contributed by atoms with van der Waals surface area (Å²) in [7, 11) is 0. The second-order valence-electron chi connectivity index (χ2n) is 11.1. The molecule has 0 saturated carbocycles. The zero-order valence-corrected chi connectivity index (χ0v) is 26.1. The van der Waals surface area contributed by atoms with Crippen LogP contribution in [-0.4, -0.2) is 65.4 Å². The van der Waals surface area contributed by atoms with E-state index in [2.05, 4.69) is 28.3 Å². The number of carbonyl (C=O) groups excluding carboxylic acids is 4. The van der Waals surface area contributed by atoms with Gasteiger partial charge in [-0.05, 0) is 66.9 Å². The van der Waals surface area contributed by atoms with Crippen molar-refractivity contribution in [1.29, 1.82) is 0 Å². The van der Waals surface area contributed by atoms with Gasteiger partial charge >= 0.3 is 18.0 Å². The van der Waals surface area contributed by atoms with Crippen molar-refractivity contribution in [1.82, 2.24) is 10.6 Å². The molecule has 0 saturated heterocycles. The number of rotatable bonds is 13. The zero-order valence-electron chi connectivity index (χ0n) is 24.4. The third-order valence-corrected chi connectivity index (χ3v) is 4.92. The number of allylic oxidation sites excluding steroid dienone is 1. The number of hydrogen-bond donors (Lipinski definition) is 3. The molecule has 2 atom stereocenters. The minimum atomic E-state index is -0.986. The molecule has 0 aromatic heterocycles. The standard InChI is InChI=1S/C27H44ClN3O7S/c1-17(2)22(31-25(35)38-27(7,8)9)24(34)36-19(12-10-11-13-28)14-21(32)29-15-18(3)30-20(16-39)23(33)37-26(4,5)6/h10,12,16-17,19,22,39H,11,13-15H2,1-9H3,(H,29,32)(H,31,35)/b12-10+,20-16-,30-18?/t19-,22+/m1/s1. The molecular weight excluding hydrogens is 546 g/mol. The van der Waals surface area contributed by atoms with Gasteiger partial charge in [0, 0.05) is 17.0 Å². The van der Waals surface area contributed by atoms with Crippen LogP contribution in [0.2, 0.25) is 0 Å². The maximum Gasteiger partial charge on any atom is 0.408 e. The fraction of sp³-hybridized carbons (Fsp3) is 0.667. The summed E-state index contributed by atoms with van der Waals surface area (Å²) in [5.74, 6) is -1.72.